The van der Waals surface area contributed by atoms with Crippen LogP contribution in [0.4, 0.5) is 0 Å². The molecule has 0 saturated heterocycles. The van der Waals surface area contributed by atoms with Gasteiger partial charge in [-0.25, -0.2) is 0 Å². The standard InChI is InChI=1S/C15H20N2O/c1-3-14(11-18-2)17-10-13-9-16-8-12-6-4-5-7-15(12)13/h4-9,14,17H,3,10-11H2,1-2H3. The van der Waals surface area contributed by atoms with Gasteiger partial charge in [-0.2, -0.15) is 0 Å². The molecule has 1 unspecified atom stereocenters. The molecule has 0 radical (unpaired) electrons. The first-order valence-electron chi connectivity index (χ1n) is 6.39. The summed E-state index contributed by atoms with van der Waals surface area (Å²) in [7, 11) is 1.74. The Hall–Kier alpha value is -1.45. The highest BCUT2D eigenvalue weighted by Gasteiger charge is 2.06. The van der Waals surface area contributed by atoms with E-state index in [2.05, 4.69) is 35.4 Å². The van der Waals surface area contributed by atoms with Gasteiger partial charge in [-0.3, -0.25) is 4.98 Å². The van der Waals surface area contributed by atoms with Gasteiger partial charge in [-0.1, -0.05) is 31.2 Å². The van der Waals surface area contributed by atoms with E-state index in [1.54, 1.807) is 7.11 Å². The van der Waals surface area contributed by atoms with Gasteiger partial charge >= 0.3 is 0 Å². The van der Waals surface area contributed by atoms with Crippen LogP contribution in [0.25, 0.3) is 10.8 Å². The summed E-state index contributed by atoms with van der Waals surface area (Å²) < 4.78 is 5.19. The molecule has 0 aliphatic rings. The van der Waals surface area contributed by atoms with Gasteiger partial charge in [0, 0.05) is 37.5 Å². The van der Waals surface area contributed by atoms with E-state index in [1.807, 2.05) is 18.5 Å². The molecule has 3 nitrogen and oxygen atoms in total. The van der Waals surface area contributed by atoms with E-state index in [-0.39, 0.29) is 0 Å². The van der Waals surface area contributed by atoms with Crippen LogP contribution in [0.15, 0.2) is 36.7 Å². The molecule has 1 heterocycles. The van der Waals surface area contributed by atoms with Crippen molar-refractivity contribution >= 4 is 10.8 Å². The number of pyridine rings is 1. The molecule has 3 heteroatoms. The summed E-state index contributed by atoms with van der Waals surface area (Å²) in [6.07, 6.45) is 4.91. The number of methoxy groups -OCH3 is 1. The molecule has 0 bridgehead atoms. The van der Waals surface area contributed by atoms with Gasteiger partial charge in [0.05, 0.1) is 6.61 Å². The third-order valence-corrected chi connectivity index (χ3v) is 3.19. The molecule has 1 N–H and O–H groups in total. The van der Waals surface area contributed by atoms with Crippen LogP contribution in [0.1, 0.15) is 18.9 Å². The fourth-order valence-corrected chi connectivity index (χ4v) is 2.10. The van der Waals surface area contributed by atoms with Crippen LogP contribution in [-0.2, 0) is 11.3 Å². The number of nitrogens with one attached hydrogen (secondary N) is 1. The third-order valence-electron chi connectivity index (χ3n) is 3.19. The van der Waals surface area contributed by atoms with Crippen LogP contribution in [0, 0.1) is 0 Å². The molecule has 1 aromatic carbocycles. The average molecular weight is 244 g/mol. The second kappa shape index (κ2) is 6.47. The monoisotopic (exact) mass is 244 g/mol. The number of nitrogens with zero attached hydrogens (tertiary/aromatic N) is 1. The highest BCUT2D eigenvalue weighted by Crippen LogP contribution is 2.16. The lowest BCUT2D eigenvalue weighted by atomic mass is 10.1. The van der Waals surface area contributed by atoms with E-state index in [0.717, 1.165) is 19.6 Å². The largest absolute Gasteiger partial charge is 0.383 e. The molecule has 0 aliphatic carbocycles. The molecule has 96 valence electrons. The lowest BCUT2D eigenvalue weighted by Gasteiger charge is -2.16. The molecule has 0 saturated carbocycles. The fraction of sp³-hybridized carbons (Fsp3) is 0.400. The van der Waals surface area contributed by atoms with Crippen molar-refractivity contribution in [3.8, 4) is 0 Å². The highest BCUT2D eigenvalue weighted by atomic mass is 16.5. The molecule has 2 rings (SSSR count). The Bertz CT molecular complexity index is 493. The van der Waals surface area contributed by atoms with Crippen LogP contribution < -0.4 is 5.32 Å². The molecule has 0 spiro atoms. The predicted octanol–water partition coefficient (Wildman–Crippen LogP) is 2.75. The van der Waals surface area contributed by atoms with Crippen molar-refractivity contribution in [3.63, 3.8) is 0 Å². The Balaban J connectivity index is 2.11. The number of ether oxygens (including phenoxy) is 1. The van der Waals surface area contributed by atoms with Gasteiger partial charge in [0.2, 0.25) is 0 Å². The molecule has 0 aliphatic heterocycles. The maximum absolute atomic E-state index is 5.19. The molecule has 18 heavy (non-hydrogen) atoms. The first kappa shape index (κ1) is 13.0. The minimum Gasteiger partial charge on any atom is -0.383 e. The van der Waals surface area contributed by atoms with E-state index >= 15 is 0 Å². The Labute approximate surface area is 108 Å². The van der Waals surface area contributed by atoms with Gasteiger partial charge in [0.15, 0.2) is 0 Å². The second-order valence-electron chi connectivity index (χ2n) is 4.46. The first-order valence-corrected chi connectivity index (χ1v) is 6.39. The zero-order chi connectivity index (χ0) is 12.8. The molecule has 1 atom stereocenters. The zero-order valence-electron chi connectivity index (χ0n) is 11.0. The van der Waals surface area contributed by atoms with E-state index in [0.29, 0.717) is 6.04 Å². The van der Waals surface area contributed by atoms with Crippen molar-refractivity contribution < 1.29 is 4.74 Å². The molecule has 1 aromatic heterocycles. The Morgan fingerprint density at radius 2 is 2.11 bits per heavy atom. The summed E-state index contributed by atoms with van der Waals surface area (Å²) in [6, 6.07) is 8.75. The van der Waals surface area contributed by atoms with Crippen LogP contribution in [0.2, 0.25) is 0 Å². The van der Waals surface area contributed by atoms with Crippen molar-refractivity contribution in [1.29, 1.82) is 0 Å². The number of hydrogen-bond donors (Lipinski definition) is 1. The van der Waals surface area contributed by atoms with Crippen molar-refractivity contribution in [2.75, 3.05) is 13.7 Å². The maximum Gasteiger partial charge on any atom is 0.0615 e. The van der Waals surface area contributed by atoms with Gasteiger partial charge in [0.1, 0.15) is 0 Å². The number of rotatable bonds is 6. The Morgan fingerprint density at radius 1 is 1.28 bits per heavy atom. The normalized spacial score (nSPS) is 12.8. The molecule has 2 aromatic rings. The summed E-state index contributed by atoms with van der Waals surface area (Å²) in [6.45, 7) is 3.74. The third kappa shape index (κ3) is 3.06. The van der Waals surface area contributed by atoms with Crippen molar-refractivity contribution in [1.82, 2.24) is 10.3 Å². The van der Waals surface area contributed by atoms with Gasteiger partial charge in [-0.15, -0.1) is 0 Å². The molecular formula is C15H20N2O. The molecular weight excluding hydrogens is 224 g/mol. The van der Waals surface area contributed by atoms with Crippen LogP contribution in [0.5, 0.6) is 0 Å². The Kier molecular flexibility index (Phi) is 4.67. The summed E-state index contributed by atoms with van der Waals surface area (Å²) in [4.78, 5) is 4.29. The summed E-state index contributed by atoms with van der Waals surface area (Å²) in [5.41, 5.74) is 1.24. The van der Waals surface area contributed by atoms with Gasteiger partial charge in [-0.05, 0) is 17.4 Å². The van der Waals surface area contributed by atoms with Crippen LogP contribution >= 0.6 is 0 Å². The van der Waals surface area contributed by atoms with Crippen molar-refractivity contribution in [2.24, 2.45) is 0 Å². The number of benzene rings is 1. The number of aromatic nitrogens is 1. The predicted molar refractivity (Wildman–Crippen MR) is 74.5 cm³/mol. The number of hydrogen-bond acceptors (Lipinski definition) is 3. The highest BCUT2D eigenvalue weighted by molar-refractivity contribution is 5.84. The van der Waals surface area contributed by atoms with E-state index in [1.165, 1.54) is 16.3 Å². The quantitative estimate of drug-likeness (QED) is 0.848. The molecule has 0 amide bonds. The van der Waals surface area contributed by atoms with E-state index < -0.39 is 0 Å². The average Bonchev–Trinajstić information content (AvgIpc) is 2.43. The lowest BCUT2D eigenvalue weighted by molar-refractivity contribution is 0.164. The van der Waals surface area contributed by atoms with Crippen molar-refractivity contribution in [2.45, 2.75) is 25.9 Å². The van der Waals surface area contributed by atoms with E-state index in [9.17, 15) is 0 Å². The summed E-state index contributed by atoms with van der Waals surface area (Å²) >= 11 is 0. The van der Waals surface area contributed by atoms with Crippen LogP contribution in [0.3, 0.4) is 0 Å². The number of fused-ring (bicyclic) bond motifs is 1. The lowest BCUT2D eigenvalue weighted by Crippen LogP contribution is -2.32. The first-order chi connectivity index (χ1) is 8.85. The maximum atomic E-state index is 5.19. The minimum absolute atomic E-state index is 0.397. The summed E-state index contributed by atoms with van der Waals surface area (Å²) in [5.74, 6) is 0. The van der Waals surface area contributed by atoms with Gasteiger partial charge < -0.3 is 10.1 Å². The minimum atomic E-state index is 0.397. The van der Waals surface area contributed by atoms with E-state index in [4.69, 9.17) is 4.74 Å². The SMILES string of the molecule is CCC(COC)NCc1cncc2ccccc12. The molecule has 0 fully saturated rings. The zero-order valence-corrected chi connectivity index (χ0v) is 11.0. The van der Waals surface area contributed by atoms with Crippen molar-refractivity contribution in [3.05, 3.63) is 42.2 Å². The topological polar surface area (TPSA) is 34.1 Å². The van der Waals surface area contributed by atoms with Crippen LogP contribution in [-0.4, -0.2) is 24.7 Å². The smallest absolute Gasteiger partial charge is 0.0615 e. The Morgan fingerprint density at radius 3 is 2.89 bits per heavy atom. The second-order valence-corrected chi connectivity index (χ2v) is 4.46. The van der Waals surface area contributed by atoms with Gasteiger partial charge in [0.25, 0.3) is 0 Å². The fourth-order valence-electron chi connectivity index (χ4n) is 2.10. The summed E-state index contributed by atoms with van der Waals surface area (Å²) in [5, 5.41) is 5.98.